The Hall–Kier alpha value is -1.00. The van der Waals surface area contributed by atoms with Gasteiger partial charge >= 0.3 is 5.97 Å². The van der Waals surface area contributed by atoms with Crippen LogP contribution in [-0.4, -0.2) is 74.9 Å². The molecule has 0 bridgehead atoms. The molecule has 9 heteroatoms. The first-order valence-corrected chi connectivity index (χ1v) is 12.7. The van der Waals surface area contributed by atoms with Gasteiger partial charge in [0.2, 0.25) is 5.91 Å². The highest BCUT2D eigenvalue weighted by Gasteiger charge is 2.58. The van der Waals surface area contributed by atoms with Crippen LogP contribution in [-0.2, 0) is 28.2 Å². The number of likely N-dealkylation sites (tertiary alicyclic amines) is 1. The van der Waals surface area contributed by atoms with Crippen LogP contribution in [0.15, 0.2) is 0 Å². The molecule has 0 spiro atoms. The highest BCUT2D eigenvalue weighted by Crippen LogP contribution is 2.39. The first-order valence-electron chi connectivity index (χ1n) is 9.78. The molecule has 8 nitrogen and oxygen atoms in total. The highest BCUT2D eigenvalue weighted by molar-refractivity contribution is 6.74. The molecule has 2 rings (SSSR count). The second-order valence-corrected chi connectivity index (χ2v) is 14.4. The molecule has 0 aliphatic carbocycles. The van der Waals surface area contributed by atoms with Crippen LogP contribution < -0.4 is 5.73 Å². The summed E-state index contributed by atoms with van der Waals surface area (Å²) in [6.07, 6.45) is -0.947. The van der Waals surface area contributed by atoms with Crippen LogP contribution in [0.5, 0.6) is 0 Å². The fourth-order valence-corrected chi connectivity index (χ4v) is 4.94. The number of rotatable bonds is 6. The van der Waals surface area contributed by atoms with Gasteiger partial charge in [0, 0.05) is 0 Å². The minimum absolute atomic E-state index is 0.0386. The van der Waals surface area contributed by atoms with Crippen molar-refractivity contribution in [2.75, 3.05) is 13.7 Å². The summed E-state index contributed by atoms with van der Waals surface area (Å²) in [5.41, 5.74) is 6.09. The van der Waals surface area contributed by atoms with Gasteiger partial charge in [-0.2, -0.15) is 0 Å². The molecule has 162 valence electrons. The Labute approximate surface area is 169 Å². The molecule has 5 atom stereocenters. The zero-order valence-corrected chi connectivity index (χ0v) is 19.6. The molecule has 2 fully saturated rings. The average molecular weight is 417 g/mol. The number of nitrogens with two attached hydrogens (primary N) is 1. The lowest BCUT2D eigenvalue weighted by atomic mass is 9.87. The standard InChI is InChI=1S/C19H36N2O6Si/c1-11(27-28(8,9)18(2,3)4)14(17(23)24-7)21-15(13(20)16(21)22)12-10-25-19(5,6)26-12/h11-15H,10,20H2,1-9H3/t11-,12+,13-,14+,15+/m0/s1. The third kappa shape index (κ3) is 4.28. The molecule has 0 aromatic heterocycles. The molecule has 28 heavy (non-hydrogen) atoms. The van der Waals surface area contributed by atoms with E-state index in [4.69, 9.17) is 24.4 Å². The summed E-state index contributed by atoms with van der Waals surface area (Å²) in [7, 11) is -0.861. The SMILES string of the molecule is COC(=O)[C@@H]([C@H](C)O[Si](C)(C)C(C)(C)C)N1C(=O)[C@@H](N)[C@H]1[C@H]1COC(C)(C)O1. The molecule has 2 N–H and O–H groups in total. The van der Waals surface area contributed by atoms with Gasteiger partial charge in [-0.15, -0.1) is 0 Å². The number of hydrogen-bond donors (Lipinski definition) is 1. The summed E-state index contributed by atoms with van der Waals surface area (Å²) in [4.78, 5) is 26.8. The largest absolute Gasteiger partial charge is 0.467 e. The summed E-state index contributed by atoms with van der Waals surface area (Å²) in [5.74, 6) is -1.58. The van der Waals surface area contributed by atoms with Crippen molar-refractivity contribution in [3.05, 3.63) is 0 Å². The van der Waals surface area contributed by atoms with Crippen LogP contribution in [0.25, 0.3) is 0 Å². The van der Waals surface area contributed by atoms with Crippen LogP contribution >= 0.6 is 0 Å². The van der Waals surface area contributed by atoms with E-state index >= 15 is 0 Å². The summed E-state index contributed by atoms with van der Waals surface area (Å²) in [6.45, 7) is 16.3. The second-order valence-electron chi connectivity index (χ2n) is 9.68. The van der Waals surface area contributed by atoms with Gasteiger partial charge in [-0.1, -0.05) is 20.8 Å². The number of nitrogens with zero attached hydrogens (tertiary/aromatic N) is 1. The predicted octanol–water partition coefficient (Wildman–Crippen LogP) is 1.63. The van der Waals surface area contributed by atoms with Crippen LogP contribution in [0.3, 0.4) is 0 Å². The number of β-lactam (4-membered cyclic amide) rings is 1. The Kier molecular flexibility index (Phi) is 6.38. The number of carbonyl (C=O) groups excluding carboxylic acids is 2. The van der Waals surface area contributed by atoms with Crippen molar-refractivity contribution < 1.29 is 28.2 Å². The van der Waals surface area contributed by atoms with E-state index in [1.165, 1.54) is 12.0 Å². The summed E-state index contributed by atoms with van der Waals surface area (Å²) in [5, 5.41) is -0.0386. The highest BCUT2D eigenvalue weighted by atomic mass is 28.4. The van der Waals surface area contributed by atoms with E-state index in [0.717, 1.165) is 0 Å². The molecule has 0 unspecified atom stereocenters. The number of hydrogen-bond acceptors (Lipinski definition) is 7. The third-order valence-electron chi connectivity index (χ3n) is 6.11. The molecule has 2 aliphatic heterocycles. The summed E-state index contributed by atoms with van der Waals surface area (Å²) in [6, 6.07) is -2.10. The molecule has 0 saturated carbocycles. The molecular formula is C19H36N2O6Si. The summed E-state index contributed by atoms with van der Waals surface area (Å²) >= 11 is 0. The van der Waals surface area contributed by atoms with Crippen molar-refractivity contribution in [1.29, 1.82) is 0 Å². The normalized spacial score (nSPS) is 30.0. The van der Waals surface area contributed by atoms with E-state index in [-0.39, 0.29) is 10.9 Å². The first kappa shape index (κ1) is 23.3. The maximum Gasteiger partial charge on any atom is 0.331 e. The molecule has 0 radical (unpaired) electrons. The topological polar surface area (TPSA) is 100 Å². The fourth-order valence-electron chi connectivity index (χ4n) is 3.53. The minimum Gasteiger partial charge on any atom is -0.467 e. The van der Waals surface area contributed by atoms with Gasteiger partial charge in [0.15, 0.2) is 20.1 Å². The lowest BCUT2D eigenvalue weighted by Gasteiger charge is -2.52. The van der Waals surface area contributed by atoms with Gasteiger partial charge in [0.05, 0.1) is 25.9 Å². The molecule has 0 aromatic carbocycles. The first-order chi connectivity index (χ1) is 12.6. The van der Waals surface area contributed by atoms with Gasteiger partial charge in [-0.3, -0.25) is 4.79 Å². The van der Waals surface area contributed by atoms with Gasteiger partial charge in [-0.05, 0) is 38.9 Å². The number of carbonyl (C=O) groups is 2. The van der Waals surface area contributed by atoms with Gasteiger partial charge in [0.25, 0.3) is 0 Å². The third-order valence-corrected chi connectivity index (χ3v) is 10.7. The number of esters is 1. The fraction of sp³-hybridized carbons (Fsp3) is 0.895. The lowest BCUT2D eigenvalue weighted by molar-refractivity contribution is -0.186. The van der Waals surface area contributed by atoms with Crippen molar-refractivity contribution in [2.24, 2.45) is 5.73 Å². The second kappa shape index (κ2) is 7.68. The van der Waals surface area contributed by atoms with Gasteiger partial charge < -0.3 is 29.3 Å². The Morgan fingerprint density at radius 3 is 2.36 bits per heavy atom. The zero-order valence-electron chi connectivity index (χ0n) is 18.6. The van der Waals surface area contributed by atoms with E-state index in [2.05, 4.69) is 33.9 Å². The molecule has 2 saturated heterocycles. The Morgan fingerprint density at radius 1 is 1.36 bits per heavy atom. The Bertz CT molecular complexity index is 618. The number of amides is 1. The molecule has 1 amide bonds. The Balaban J connectivity index is 2.28. The van der Waals surface area contributed by atoms with Crippen molar-refractivity contribution in [3.63, 3.8) is 0 Å². The maximum atomic E-state index is 12.7. The van der Waals surface area contributed by atoms with Crippen LogP contribution in [0.1, 0.15) is 41.5 Å². The minimum atomic E-state index is -2.17. The number of methoxy groups -OCH3 is 1. The van der Waals surface area contributed by atoms with E-state index in [9.17, 15) is 9.59 Å². The quantitative estimate of drug-likeness (QED) is 0.399. The monoisotopic (exact) mass is 416 g/mol. The molecule has 0 aromatic rings. The number of ether oxygens (including phenoxy) is 3. The smallest absolute Gasteiger partial charge is 0.331 e. The van der Waals surface area contributed by atoms with Crippen LogP contribution in [0.2, 0.25) is 18.1 Å². The Morgan fingerprint density at radius 2 is 1.93 bits per heavy atom. The average Bonchev–Trinajstić information content (AvgIpc) is 2.91. The van der Waals surface area contributed by atoms with E-state index in [0.29, 0.717) is 6.61 Å². The molecular weight excluding hydrogens is 380 g/mol. The van der Waals surface area contributed by atoms with Gasteiger partial charge in [0.1, 0.15) is 12.1 Å². The van der Waals surface area contributed by atoms with E-state index in [1.807, 2.05) is 20.8 Å². The predicted molar refractivity (Wildman–Crippen MR) is 107 cm³/mol. The summed E-state index contributed by atoms with van der Waals surface area (Å²) < 4.78 is 23.0. The maximum absolute atomic E-state index is 12.7. The van der Waals surface area contributed by atoms with E-state index < -0.39 is 50.4 Å². The zero-order chi connectivity index (χ0) is 21.7. The molecule has 2 aliphatic rings. The lowest BCUT2D eigenvalue weighted by Crippen LogP contribution is -2.77. The van der Waals surface area contributed by atoms with Crippen LogP contribution in [0, 0.1) is 0 Å². The van der Waals surface area contributed by atoms with Crippen molar-refractivity contribution in [1.82, 2.24) is 4.90 Å². The van der Waals surface area contributed by atoms with Gasteiger partial charge in [-0.25, -0.2) is 4.79 Å². The van der Waals surface area contributed by atoms with Crippen molar-refractivity contribution >= 4 is 20.2 Å². The van der Waals surface area contributed by atoms with Crippen molar-refractivity contribution in [2.45, 2.75) is 95.8 Å². The van der Waals surface area contributed by atoms with Crippen LogP contribution in [0.4, 0.5) is 0 Å². The van der Waals surface area contributed by atoms with E-state index in [1.54, 1.807) is 0 Å². The van der Waals surface area contributed by atoms with Crippen molar-refractivity contribution in [3.8, 4) is 0 Å². The molecule has 2 heterocycles.